The third kappa shape index (κ3) is 2.18. The van der Waals surface area contributed by atoms with Gasteiger partial charge in [-0.25, -0.2) is 9.78 Å². The molecule has 100 valence electrons. The minimum Gasteiger partial charge on any atom is -0.478 e. The molecule has 4 heteroatoms. The Hall–Kier alpha value is -2.20. The summed E-state index contributed by atoms with van der Waals surface area (Å²) in [7, 11) is 0. The van der Waals surface area contributed by atoms with Gasteiger partial charge >= 0.3 is 5.97 Å². The Bertz CT molecular complexity index is 820. The summed E-state index contributed by atoms with van der Waals surface area (Å²) >= 11 is 1.62. The monoisotopic (exact) mass is 283 g/mol. The Balaban J connectivity index is 2.31. The van der Waals surface area contributed by atoms with E-state index in [0.717, 1.165) is 21.7 Å². The maximum absolute atomic E-state index is 11.5. The van der Waals surface area contributed by atoms with Gasteiger partial charge in [0.05, 0.1) is 21.7 Å². The molecule has 0 fully saturated rings. The fraction of sp³-hybridized carbons (Fsp3) is 0.125. The summed E-state index contributed by atoms with van der Waals surface area (Å²) < 4.78 is 0. The molecule has 3 aromatic rings. The van der Waals surface area contributed by atoms with E-state index in [2.05, 4.69) is 4.98 Å². The number of carboxylic acid groups (broad SMARTS) is 1. The predicted molar refractivity (Wildman–Crippen MR) is 81.5 cm³/mol. The number of aromatic carboxylic acids is 1. The Morgan fingerprint density at radius 1 is 1.15 bits per heavy atom. The molecular formula is C16H13NO2S. The second-order valence-corrected chi connectivity index (χ2v) is 6.08. The highest BCUT2D eigenvalue weighted by molar-refractivity contribution is 7.15. The molecule has 0 aliphatic rings. The third-order valence-electron chi connectivity index (χ3n) is 3.19. The first-order valence-electron chi connectivity index (χ1n) is 6.26. The number of rotatable bonds is 2. The van der Waals surface area contributed by atoms with Crippen LogP contribution >= 0.6 is 11.3 Å². The molecule has 2 heterocycles. The standard InChI is InChI=1S/C16H13NO2S/c1-9-3-5-13-11(7-9)12(16(18)19)8-14(17-13)15-6-4-10(2)20-15/h3-8H,1-2H3,(H,18,19). The Labute approximate surface area is 120 Å². The number of pyridine rings is 1. The van der Waals surface area contributed by atoms with Gasteiger partial charge in [-0.3, -0.25) is 0 Å². The fourth-order valence-corrected chi connectivity index (χ4v) is 3.04. The first-order valence-corrected chi connectivity index (χ1v) is 7.08. The van der Waals surface area contributed by atoms with Crippen molar-refractivity contribution in [3.63, 3.8) is 0 Å². The van der Waals surface area contributed by atoms with Crippen molar-refractivity contribution in [3.05, 3.63) is 52.4 Å². The van der Waals surface area contributed by atoms with Crippen molar-refractivity contribution in [1.82, 2.24) is 4.98 Å². The van der Waals surface area contributed by atoms with Crippen LogP contribution in [0.5, 0.6) is 0 Å². The van der Waals surface area contributed by atoms with Crippen LogP contribution < -0.4 is 0 Å². The molecule has 0 aliphatic heterocycles. The number of thiophene rings is 1. The van der Waals surface area contributed by atoms with E-state index in [0.29, 0.717) is 10.9 Å². The lowest BCUT2D eigenvalue weighted by molar-refractivity contribution is 0.0699. The molecule has 0 amide bonds. The molecule has 0 spiro atoms. The first-order chi connectivity index (χ1) is 9.54. The molecule has 0 unspecified atom stereocenters. The molecule has 3 rings (SSSR count). The maximum Gasteiger partial charge on any atom is 0.336 e. The molecule has 3 nitrogen and oxygen atoms in total. The van der Waals surface area contributed by atoms with Crippen LogP contribution in [0.25, 0.3) is 21.5 Å². The second kappa shape index (κ2) is 4.72. The van der Waals surface area contributed by atoms with Crippen molar-refractivity contribution in [2.45, 2.75) is 13.8 Å². The summed E-state index contributed by atoms with van der Waals surface area (Å²) in [5.74, 6) is -0.919. The van der Waals surface area contributed by atoms with E-state index in [4.69, 9.17) is 0 Å². The van der Waals surface area contributed by atoms with Gasteiger partial charge < -0.3 is 5.11 Å². The molecule has 20 heavy (non-hydrogen) atoms. The third-order valence-corrected chi connectivity index (χ3v) is 4.21. The number of carbonyl (C=O) groups is 1. The van der Waals surface area contributed by atoms with E-state index < -0.39 is 5.97 Å². The van der Waals surface area contributed by atoms with E-state index in [1.165, 1.54) is 4.88 Å². The van der Waals surface area contributed by atoms with Crippen LogP contribution in [0, 0.1) is 13.8 Å². The van der Waals surface area contributed by atoms with Crippen LogP contribution in [-0.2, 0) is 0 Å². The second-order valence-electron chi connectivity index (χ2n) is 4.79. The molecule has 0 saturated heterocycles. The molecular weight excluding hydrogens is 270 g/mol. The van der Waals surface area contributed by atoms with E-state index in [1.54, 1.807) is 17.4 Å². The average molecular weight is 283 g/mol. The van der Waals surface area contributed by atoms with Crippen LogP contribution in [0.2, 0.25) is 0 Å². The van der Waals surface area contributed by atoms with Gasteiger partial charge in [-0.05, 0) is 44.2 Å². The van der Waals surface area contributed by atoms with Crippen molar-refractivity contribution in [2.24, 2.45) is 0 Å². The summed E-state index contributed by atoms with van der Waals surface area (Å²) in [5, 5.41) is 10.1. The Morgan fingerprint density at radius 2 is 1.95 bits per heavy atom. The average Bonchev–Trinajstić information content (AvgIpc) is 2.84. The van der Waals surface area contributed by atoms with Gasteiger partial charge in [-0.1, -0.05) is 11.6 Å². The van der Waals surface area contributed by atoms with Gasteiger partial charge in [0.2, 0.25) is 0 Å². The van der Waals surface area contributed by atoms with Gasteiger partial charge in [-0.2, -0.15) is 0 Å². The van der Waals surface area contributed by atoms with Crippen molar-refractivity contribution in [2.75, 3.05) is 0 Å². The molecule has 0 radical (unpaired) electrons. The minimum absolute atomic E-state index is 0.305. The normalized spacial score (nSPS) is 10.9. The quantitative estimate of drug-likeness (QED) is 0.763. The highest BCUT2D eigenvalue weighted by Crippen LogP contribution is 2.30. The van der Waals surface area contributed by atoms with Crippen molar-refractivity contribution in [1.29, 1.82) is 0 Å². The summed E-state index contributed by atoms with van der Waals surface area (Å²) in [4.78, 5) is 18.3. The van der Waals surface area contributed by atoms with E-state index in [1.807, 2.05) is 44.2 Å². The van der Waals surface area contributed by atoms with E-state index >= 15 is 0 Å². The SMILES string of the molecule is Cc1ccc2nc(-c3ccc(C)s3)cc(C(=O)O)c2c1. The number of nitrogens with zero attached hydrogens (tertiary/aromatic N) is 1. The number of aromatic nitrogens is 1. The van der Waals surface area contributed by atoms with E-state index in [9.17, 15) is 9.90 Å². The fourth-order valence-electron chi connectivity index (χ4n) is 2.21. The zero-order chi connectivity index (χ0) is 14.3. The van der Waals surface area contributed by atoms with Gasteiger partial charge in [0.25, 0.3) is 0 Å². The summed E-state index contributed by atoms with van der Waals surface area (Å²) in [6, 6.07) is 11.4. The smallest absolute Gasteiger partial charge is 0.336 e. The van der Waals surface area contributed by atoms with Crippen LogP contribution in [0.4, 0.5) is 0 Å². The molecule has 0 atom stereocenters. The summed E-state index contributed by atoms with van der Waals surface area (Å²) in [5.41, 5.74) is 2.77. The van der Waals surface area contributed by atoms with Crippen molar-refractivity contribution < 1.29 is 9.90 Å². The predicted octanol–water partition coefficient (Wildman–Crippen LogP) is 4.28. The molecule has 1 aromatic carbocycles. The zero-order valence-electron chi connectivity index (χ0n) is 11.2. The molecule has 0 aliphatic carbocycles. The largest absolute Gasteiger partial charge is 0.478 e. The number of benzene rings is 1. The Kier molecular flexibility index (Phi) is 3.03. The number of fused-ring (bicyclic) bond motifs is 1. The molecule has 0 bridgehead atoms. The van der Waals surface area contributed by atoms with Crippen LogP contribution in [0.3, 0.4) is 0 Å². The lowest BCUT2D eigenvalue weighted by Crippen LogP contribution is -2.00. The molecule has 1 N–H and O–H groups in total. The lowest BCUT2D eigenvalue weighted by Gasteiger charge is -2.06. The van der Waals surface area contributed by atoms with Crippen molar-refractivity contribution >= 4 is 28.2 Å². The van der Waals surface area contributed by atoms with Crippen LogP contribution in [-0.4, -0.2) is 16.1 Å². The molecule has 2 aromatic heterocycles. The molecule has 0 saturated carbocycles. The van der Waals surface area contributed by atoms with Gasteiger partial charge in [0.1, 0.15) is 0 Å². The van der Waals surface area contributed by atoms with Crippen LogP contribution in [0.1, 0.15) is 20.8 Å². The summed E-state index contributed by atoms with van der Waals surface area (Å²) in [6.45, 7) is 3.97. The first kappa shape index (κ1) is 12.8. The zero-order valence-corrected chi connectivity index (χ0v) is 12.0. The number of carboxylic acids is 1. The summed E-state index contributed by atoms with van der Waals surface area (Å²) in [6.07, 6.45) is 0. The number of hydrogen-bond acceptors (Lipinski definition) is 3. The number of hydrogen-bond donors (Lipinski definition) is 1. The number of aryl methyl sites for hydroxylation is 2. The van der Waals surface area contributed by atoms with Gasteiger partial charge in [-0.15, -0.1) is 11.3 Å². The minimum atomic E-state index is -0.919. The lowest BCUT2D eigenvalue weighted by atomic mass is 10.0. The van der Waals surface area contributed by atoms with E-state index in [-0.39, 0.29) is 0 Å². The topological polar surface area (TPSA) is 50.2 Å². The van der Waals surface area contributed by atoms with Gasteiger partial charge in [0.15, 0.2) is 0 Å². The van der Waals surface area contributed by atoms with Gasteiger partial charge in [0, 0.05) is 10.3 Å². The highest BCUT2D eigenvalue weighted by Gasteiger charge is 2.13. The maximum atomic E-state index is 11.5. The van der Waals surface area contributed by atoms with Crippen LogP contribution in [0.15, 0.2) is 36.4 Å². The van der Waals surface area contributed by atoms with Crippen molar-refractivity contribution in [3.8, 4) is 10.6 Å². The Morgan fingerprint density at radius 3 is 2.60 bits per heavy atom. The highest BCUT2D eigenvalue weighted by atomic mass is 32.1.